The number of hydrogen-bond donors (Lipinski definition) is 2. The van der Waals surface area contributed by atoms with Crippen LogP contribution in [0.2, 0.25) is 0 Å². The smallest absolute Gasteiger partial charge is 0.240 e. The van der Waals surface area contributed by atoms with Gasteiger partial charge in [0.05, 0.1) is 6.04 Å². The van der Waals surface area contributed by atoms with Crippen molar-refractivity contribution in [1.82, 2.24) is 14.9 Å². The summed E-state index contributed by atoms with van der Waals surface area (Å²) in [7, 11) is 0. The summed E-state index contributed by atoms with van der Waals surface area (Å²) in [5, 5.41) is 11.9. The Morgan fingerprint density at radius 3 is 2.36 bits per heavy atom. The average molecular weight is 394 g/mol. The van der Waals surface area contributed by atoms with Crippen molar-refractivity contribution >= 4 is 23.4 Å². The summed E-state index contributed by atoms with van der Waals surface area (Å²) in [6.45, 7) is 6.13. The van der Waals surface area contributed by atoms with Crippen LogP contribution >= 0.6 is 11.8 Å². The van der Waals surface area contributed by atoms with Crippen LogP contribution in [0.15, 0.2) is 53.7 Å². The van der Waals surface area contributed by atoms with E-state index in [2.05, 4.69) is 52.1 Å². The van der Waals surface area contributed by atoms with Crippen molar-refractivity contribution in [3.8, 4) is 0 Å². The first kappa shape index (κ1) is 18.6. The highest BCUT2D eigenvalue weighted by molar-refractivity contribution is 8.00. The van der Waals surface area contributed by atoms with Crippen molar-refractivity contribution in [2.24, 2.45) is 0 Å². The minimum absolute atomic E-state index is 0.0563. The van der Waals surface area contributed by atoms with Crippen LogP contribution in [0.5, 0.6) is 0 Å². The minimum atomic E-state index is -0.370. The van der Waals surface area contributed by atoms with Gasteiger partial charge in [0.2, 0.25) is 11.1 Å². The first-order chi connectivity index (χ1) is 13.5. The van der Waals surface area contributed by atoms with Gasteiger partial charge in [-0.3, -0.25) is 4.79 Å². The molecule has 0 radical (unpaired) electrons. The third-order valence-corrected chi connectivity index (χ3v) is 6.05. The van der Waals surface area contributed by atoms with Gasteiger partial charge in [0.1, 0.15) is 5.25 Å². The van der Waals surface area contributed by atoms with Crippen molar-refractivity contribution < 1.29 is 4.79 Å². The molecule has 1 aliphatic rings. The molecule has 7 heteroatoms. The number of amides is 1. The molecule has 144 valence electrons. The maximum absolute atomic E-state index is 13.2. The molecule has 2 heterocycles. The second-order valence-electron chi connectivity index (χ2n) is 7.00. The Morgan fingerprint density at radius 1 is 1.07 bits per heavy atom. The molecular weight excluding hydrogens is 370 g/mol. The number of benzene rings is 2. The van der Waals surface area contributed by atoms with E-state index in [0.29, 0.717) is 5.16 Å². The summed E-state index contributed by atoms with van der Waals surface area (Å²) in [4.78, 5) is 13.2. The molecule has 28 heavy (non-hydrogen) atoms. The van der Waals surface area contributed by atoms with Crippen molar-refractivity contribution in [2.75, 3.05) is 10.7 Å². The van der Waals surface area contributed by atoms with Crippen LogP contribution in [-0.4, -0.2) is 26.0 Å². The number of thioether (sulfide) groups is 1. The zero-order valence-corrected chi connectivity index (χ0v) is 17.0. The molecule has 2 atom stereocenters. The van der Waals surface area contributed by atoms with Gasteiger partial charge in [0, 0.05) is 12.1 Å². The van der Waals surface area contributed by atoms with Gasteiger partial charge in [-0.1, -0.05) is 66.2 Å². The molecular formula is C21H23N5OS. The summed E-state index contributed by atoms with van der Waals surface area (Å²) in [6, 6.07) is 15.9. The SMILES string of the molecule is CCc1nnc2n1N[C@H](c1ccc(C)cc1)[C@H](C(=O)Nc1ccc(C)cc1)S2. The molecule has 4 rings (SSSR count). The standard InChI is InChI=1S/C21H23N5OS/c1-4-17-23-24-21-26(17)25-18(15-9-5-13(2)6-10-15)19(28-21)20(27)22-16-11-7-14(3)8-12-16/h5-12,18-19,25H,4H2,1-3H3,(H,22,27)/t18-,19-/m1/s1. The molecule has 2 N–H and O–H groups in total. The zero-order valence-electron chi connectivity index (χ0n) is 16.1. The van der Waals surface area contributed by atoms with Gasteiger partial charge in [-0.2, -0.15) is 0 Å². The first-order valence-corrected chi connectivity index (χ1v) is 10.2. The van der Waals surface area contributed by atoms with Crippen molar-refractivity contribution in [3.05, 3.63) is 71.0 Å². The second-order valence-corrected chi connectivity index (χ2v) is 8.11. The van der Waals surface area contributed by atoms with E-state index < -0.39 is 0 Å². The molecule has 0 fully saturated rings. The highest BCUT2D eigenvalue weighted by Crippen LogP contribution is 2.37. The number of nitrogens with zero attached hydrogens (tertiary/aromatic N) is 3. The Morgan fingerprint density at radius 2 is 1.71 bits per heavy atom. The molecule has 0 saturated carbocycles. The van der Waals surface area contributed by atoms with E-state index in [-0.39, 0.29) is 17.2 Å². The van der Waals surface area contributed by atoms with Crippen LogP contribution in [0.1, 0.15) is 35.5 Å². The molecule has 0 spiro atoms. The number of aryl methyl sites for hydroxylation is 3. The second kappa shape index (κ2) is 7.67. The molecule has 0 unspecified atom stereocenters. The maximum Gasteiger partial charge on any atom is 0.240 e. The van der Waals surface area contributed by atoms with E-state index in [4.69, 9.17) is 0 Å². The largest absolute Gasteiger partial charge is 0.325 e. The number of nitrogens with one attached hydrogen (secondary N) is 2. The summed E-state index contributed by atoms with van der Waals surface area (Å²) < 4.78 is 1.91. The summed E-state index contributed by atoms with van der Waals surface area (Å²) >= 11 is 1.45. The Labute approximate surface area is 168 Å². The Balaban J connectivity index is 1.66. The number of anilines is 1. The minimum Gasteiger partial charge on any atom is -0.325 e. The normalized spacial score (nSPS) is 18.2. The quantitative estimate of drug-likeness (QED) is 0.704. The lowest BCUT2D eigenvalue weighted by Crippen LogP contribution is -2.41. The van der Waals surface area contributed by atoms with Crippen LogP contribution < -0.4 is 10.7 Å². The van der Waals surface area contributed by atoms with Crippen LogP contribution in [0, 0.1) is 13.8 Å². The summed E-state index contributed by atoms with van der Waals surface area (Å²) in [6.07, 6.45) is 0.765. The molecule has 3 aromatic rings. The first-order valence-electron chi connectivity index (χ1n) is 9.36. The zero-order chi connectivity index (χ0) is 19.7. The van der Waals surface area contributed by atoms with Gasteiger partial charge >= 0.3 is 0 Å². The van der Waals surface area contributed by atoms with Crippen LogP contribution in [0.4, 0.5) is 5.69 Å². The lowest BCUT2D eigenvalue weighted by atomic mass is 10.0. The van der Waals surface area contributed by atoms with Gasteiger partial charge in [0.25, 0.3) is 0 Å². The molecule has 2 aromatic carbocycles. The number of carbonyl (C=O) groups is 1. The molecule has 0 aliphatic carbocycles. The van der Waals surface area contributed by atoms with Gasteiger partial charge in [-0.15, -0.1) is 10.2 Å². The fraction of sp³-hybridized carbons (Fsp3) is 0.286. The van der Waals surface area contributed by atoms with E-state index in [1.165, 1.54) is 17.3 Å². The van der Waals surface area contributed by atoms with Gasteiger partial charge < -0.3 is 10.7 Å². The number of rotatable bonds is 4. The van der Waals surface area contributed by atoms with Gasteiger partial charge in [0.15, 0.2) is 5.82 Å². The van der Waals surface area contributed by atoms with Gasteiger partial charge in [-0.05, 0) is 31.5 Å². The molecule has 1 aliphatic heterocycles. The molecule has 0 bridgehead atoms. The highest BCUT2D eigenvalue weighted by Gasteiger charge is 2.37. The summed E-state index contributed by atoms with van der Waals surface area (Å²) in [5.41, 5.74) is 7.66. The molecule has 1 amide bonds. The monoisotopic (exact) mass is 393 g/mol. The average Bonchev–Trinajstić information content (AvgIpc) is 3.11. The Bertz CT molecular complexity index is 981. The van der Waals surface area contributed by atoms with Crippen molar-refractivity contribution in [1.29, 1.82) is 0 Å². The topological polar surface area (TPSA) is 71.8 Å². The van der Waals surface area contributed by atoms with E-state index >= 15 is 0 Å². The van der Waals surface area contributed by atoms with E-state index in [9.17, 15) is 4.79 Å². The number of aromatic nitrogens is 3. The number of fused-ring (bicyclic) bond motifs is 1. The number of carbonyl (C=O) groups excluding carboxylic acids is 1. The predicted octanol–water partition coefficient (Wildman–Crippen LogP) is 3.86. The highest BCUT2D eigenvalue weighted by atomic mass is 32.2. The van der Waals surface area contributed by atoms with E-state index in [0.717, 1.165) is 29.1 Å². The van der Waals surface area contributed by atoms with E-state index in [1.807, 2.05) is 42.8 Å². The third kappa shape index (κ3) is 3.62. The summed E-state index contributed by atoms with van der Waals surface area (Å²) in [5.74, 6) is 0.802. The third-order valence-electron chi connectivity index (χ3n) is 4.83. The van der Waals surface area contributed by atoms with Crippen LogP contribution in [0.3, 0.4) is 0 Å². The van der Waals surface area contributed by atoms with Gasteiger partial charge in [-0.25, -0.2) is 4.68 Å². The Hall–Kier alpha value is -2.80. The molecule has 0 saturated heterocycles. The molecule has 1 aromatic heterocycles. The fourth-order valence-electron chi connectivity index (χ4n) is 3.20. The number of hydrogen-bond acceptors (Lipinski definition) is 5. The van der Waals surface area contributed by atoms with Crippen LogP contribution in [-0.2, 0) is 11.2 Å². The maximum atomic E-state index is 13.2. The van der Waals surface area contributed by atoms with Crippen molar-refractivity contribution in [2.45, 2.75) is 43.6 Å². The van der Waals surface area contributed by atoms with Crippen molar-refractivity contribution in [3.63, 3.8) is 0 Å². The molecule has 6 nitrogen and oxygen atoms in total. The fourth-order valence-corrected chi connectivity index (χ4v) is 4.30. The lowest BCUT2D eigenvalue weighted by Gasteiger charge is -2.33. The lowest BCUT2D eigenvalue weighted by molar-refractivity contribution is -0.116. The van der Waals surface area contributed by atoms with Crippen LogP contribution in [0.25, 0.3) is 0 Å². The Kier molecular flexibility index (Phi) is 5.09. The predicted molar refractivity (Wildman–Crippen MR) is 112 cm³/mol. The van der Waals surface area contributed by atoms with E-state index in [1.54, 1.807) is 0 Å².